The van der Waals surface area contributed by atoms with Gasteiger partial charge in [-0.15, -0.1) is 13.2 Å². The van der Waals surface area contributed by atoms with Crippen LogP contribution in [-0.4, -0.2) is 11.5 Å². The lowest BCUT2D eigenvalue weighted by Gasteiger charge is -2.12. The van der Waals surface area contributed by atoms with Crippen LogP contribution in [0.2, 0.25) is 0 Å². The number of aryl methyl sites for hydroxylation is 1. The standard InChI is InChI=1S/C11H13F3O2/c1-2-3-8-4-5-10(6-9(8)7-15)16-11(12,13)14/h4-6,15H,2-3,7H2,1H3. The second-order valence-electron chi connectivity index (χ2n) is 3.39. The zero-order chi connectivity index (χ0) is 12.2. The van der Waals surface area contributed by atoms with Crippen molar-refractivity contribution < 1.29 is 23.0 Å². The third-order valence-corrected chi connectivity index (χ3v) is 2.10. The van der Waals surface area contributed by atoms with E-state index < -0.39 is 6.36 Å². The smallest absolute Gasteiger partial charge is 0.406 e. The fourth-order valence-corrected chi connectivity index (χ4v) is 1.46. The van der Waals surface area contributed by atoms with E-state index in [4.69, 9.17) is 5.11 Å². The molecule has 5 heteroatoms. The van der Waals surface area contributed by atoms with Crippen LogP contribution in [0.1, 0.15) is 24.5 Å². The van der Waals surface area contributed by atoms with Crippen molar-refractivity contribution in [2.45, 2.75) is 32.7 Å². The highest BCUT2D eigenvalue weighted by atomic mass is 19.4. The van der Waals surface area contributed by atoms with Crippen LogP contribution in [0.3, 0.4) is 0 Å². The Labute approximate surface area is 91.7 Å². The maximum absolute atomic E-state index is 11.9. The lowest BCUT2D eigenvalue weighted by Crippen LogP contribution is -2.17. The Balaban J connectivity index is 2.90. The molecule has 16 heavy (non-hydrogen) atoms. The zero-order valence-electron chi connectivity index (χ0n) is 8.84. The summed E-state index contributed by atoms with van der Waals surface area (Å²) in [5, 5.41) is 9.03. The van der Waals surface area contributed by atoms with Gasteiger partial charge in [0.15, 0.2) is 0 Å². The van der Waals surface area contributed by atoms with E-state index in [-0.39, 0.29) is 12.4 Å². The Morgan fingerprint density at radius 2 is 1.94 bits per heavy atom. The van der Waals surface area contributed by atoms with Gasteiger partial charge in [0, 0.05) is 0 Å². The summed E-state index contributed by atoms with van der Waals surface area (Å²) >= 11 is 0. The van der Waals surface area contributed by atoms with Crippen molar-refractivity contribution in [3.05, 3.63) is 29.3 Å². The van der Waals surface area contributed by atoms with E-state index in [1.807, 2.05) is 6.92 Å². The van der Waals surface area contributed by atoms with Gasteiger partial charge in [0.25, 0.3) is 0 Å². The predicted molar refractivity (Wildman–Crippen MR) is 53.0 cm³/mol. The maximum atomic E-state index is 11.9. The van der Waals surface area contributed by atoms with Gasteiger partial charge < -0.3 is 9.84 Å². The average Bonchev–Trinajstić information content (AvgIpc) is 2.18. The summed E-state index contributed by atoms with van der Waals surface area (Å²) in [6.45, 7) is 1.67. The van der Waals surface area contributed by atoms with Gasteiger partial charge in [-0.3, -0.25) is 0 Å². The number of alkyl halides is 3. The predicted octanol–water partition coefficient (Wildman–Crippen LogP) is 3.03. The van der Waals surface area contributed by atoms with Crippen LogP contribution in [0.15, 0.2) is 18.2 Å². The Morgan fingerprint density at radius 1 is 1.25 bits per heavy atom. The van der Waals surface area contributed by atoms with Crippen LogP contribution >= 0.6 is 0 Å². The number of ether oxygens (including phenoxy) is 1. The fourth-order valence-electron chi connectivity index (χ4n) is 1.46. The van der Waals surface area contributed by atoms with Crippen LogP contribution in [0.5, 0.6) is 5.75 Å². The Hall–Kier alpha value is -1.23. The number of aliphatic hydroxyl groups is 1. The van der Waals surface area contributed by atoms with E-state index in [9.17, 15) is 13.2 Å². The maximum Gasteiger partial charge on any atom is 0.573 e. The second-order valence-corrected chi connectivity index (χ2v) is 3.39. The molecule has 1 aromatic carbocycles. The van der Waals surface area contributed by atoms with Gasteiger partial charge in [0.2, 0.25) is 0 Å². The molecule has 90 valence electrons. The number of hydrogen-bond acceptors (Lipinski definition) is 2. The third-order valence-electron chi connectivity index (χ3n) is 2.10. The molecule has 1 rings (SSSR count). The summed E-state index contributed by atoms with van der Waals surface area (Å²) in [6.07, 6.45) is -3.10. The van der Waals surface area contributed by atoms with E-state index in [1.54, 1.807) is 6.07 Å². The molecule has 0 unspecified atom stereocenters. The quantitative estimate of drug-likeness (QED) is 0.867. The van der Waals surface area contributed by atoms with Crippen LogP contribution in [0, 0.1) is 0 Å². The molecule has 1 aromatic rings. The molecule has 0 aliphatic rings. The SMILES string of the molecule is CCCc1ccc(OC(F)(F)F)cc1CO. The van der Waals surface area contributed by atoms with Gasteiger partial charge in [0.05, 0.1) is 6.61 Å². The van der Waals surface area contributed by atoms with Gasteiger partial charge in [-0.25, -0.2) is 0 Å². The number of halogens is 3. The molecule has 0 radical (unpaired) electrons. The molecule has 0 saturated carbocycles. The number of benzene rings is 1. The highest BCUT2D eigenvalue weighted by Gasteiger charge is 2.31. The molecule has 0 amide bonds. The molecule has 1 N–H and O–H groups in total. The van der Waals surface area contributed by atoms with E-state index in [0.717, 1.165) is 18.4 Å². The molecule has 0 aliphatic heterocycles. The molecule has 0 fully saturated rings. The minimum atomic E-state index is -4.70. The fraction of sp³-hybridized carbons (Fsp3) is 0.455. The van der Waals surface area contributed by atoms with Crippen LogP contribution in [-0.2, 0) is 13.0 Å². The topological polar surface area (TPSA) is 29.5 Å². The number of rotatable bonds is 4. The number of hydrogen-bond donors (Lipinski definition) is 1. The molecule has 0 spiro atoms. The molecule has 0 bridgehead atoms. The van der Waals surface area contributed by atoms with Crippen LogP contribution in [0.4, 0.5) is 13.2 Å². The van der Waals surface area contributed by atoms with Crippen molar-refractivity contribution in [1.29, 1.82) is 0 Å². The van der Waals surface area contributed by atoms with Gasteiger partial charge in [0.1, 0.15) is 5.75 Å². The highest BCUT2D eigenvalue weighted by molar-refractivity contribution is 5.35. The molecular formula is C11H13F3O2. The van der Waals surface area contributed by atoms with Gasteiger partial charge in [-0.2, -0.15) is 0 Å². The Morgan fingerprint density at radius 3 is 2.44 bits per heavy atom. The van der Waals surface area contributed by atoms with Crippen molar-refractivity contribution in [3.8, 4) is 5.75 Å². The second kappa shape index (κ2) is 5.21. The molecule has 0 saturated heterocycles. The third kappa shape index (κ3) is 3.73. The zero-order valence-corrected chi connectivity index (χ0v) is 8.84. The molecule has 0 atom stereocenters. The Bertz CT molecular complexity index is 348. The largest absolute Gasteiger partial charge is 0.573 e. The summed E-state index contributed by atoms with van der Waals surface area (Å²) < 4.78 is 39.6. The van der Waals surface area contributed by atoms with E-state index in [0.29, 0.717) is 5.56 Å². The summed E-state index contributed by atoms with van der Waals surface area (Å²) in [6, 6.07) is 4.03. The molecule has 0 aliphatic carbocycles. The summed E-state index contributed by atoms with van der Waals surface area (Å²) in [5.74, 6) is -0.295. The van der Waals surface area contributed by atoms with Crippen molar-refractivity contribution in [2.75, 3.05) is 0 Å². The lowest BCUT2D eigenvalue weighted by atomic mass is 10.0. The van der Waals surface area contributed by atoms with Crippen molar-refractivity contribution in [1.82, 2.24) is 0 Å². The van der Waals surface area contributed by atoms with E-state index in [2.05, 4.69) is 4.74 Å². The monoisotopic (exact) mass is 234 g/mol. The minimum Gasteiger partial charge on any atom is -0.406 e. The van der Waals surface area contributed by atoms with Crippen molar-refractivity contribution >= 4 is 0 Å². The molecule has 0 aromatic heterocycles. The van der Waals surface area contributed by atoms with Crippen LogP contribution < -0.4 is 4.74 Å². The van der Waals surface area contributed by atoms with Crippen molar-refractivity contribution in [2.24, 2.45) is 0 Å². The molecular weight excluding hydrogens is 221 g/mol. The summed E-state index contributed by atoms with van der Waals surface area (Å²) in [4.78, 5) is 0. The summed E-state index contributed by atoms with van der Waals surface area (Å²) in [7, 11) is 0. The number of aliphatic hydroxyl groups excluding tert-OH is 1. The average molecular weight is 234 g/mol. The van der Waals surface area contributed by atoms with Gasteiger partial charge >= 0.3 is 6.36 Å². The van der Waals surface area contributed by atoms with Crippen molar-refractivity contribution in [3.63, 3.8) is 0 Å². The molecule has 2 nitrogen and oxygen atoms in total. The minimum absolute atomic E-state index is 0.287. The first-order valence-electron chi connectivity index (χ1n) is 4.94. The Kier molecular flexibility index (Phi) is 4.18. The summed E-state index contributed by atoms with van der Waals surface area (Å²) in [5.41, 5.74) is 1.32. The first-order valence-corrected chi connectivity index (χ1v) is 4.94. The lowest BCUT2D eigenvalue weighted by molar-refractivity contribution is -0.274. The van der Waals surface area contributed by atoms with Gasteiger partial charge in [-0.05, 0) is 29.7 Å². The first kappa shape index (κ1) is 12.8. The van der Waals surface area contributed by atoms with Crippen LogP contribution in [0.25, 0.3) is 0 Å². The van der Waals surface area contributed by atoms with E-state index >= 15 is 0 Å². The van der Waals surface area contributed by atoms with Gasteiger partial charge in [-0.1, -0.05) is 19.4 Å². The first-order chi connectivity index (χ1) is 7.46. The molecule has 0 heterocycles. The van der Waals surface area contributed by atoms with E-state index in [1.165, 1.54) is 12.1 Å². The normalized spacial score (nSPS) is 11.6. The highest BCUT2D eigenvalue weighted by Crippen LogP contribution is 2.25.